The second-order valence-electron chi connectivity index (χ2n) is 17.0. The Labute approximate surface area is 484 Å². The number of anilines is 2. The van der Waals surface area contributed by atoms with Crippen LogP contribution in [0.25, 0.3) is 11.3 Å². The zero-order valence-corrected chi connectivity index (χ0v) is 47.7. The summed E-state index contributed by atoms with van der Waals surface area (Å²) in [5.74, 6) is 13.9. The van der Waals surface area contributed by atoms with Crippen LogP contribution in [0.5, 0.6) is 0 Å². The van der Waals surface area contributed by atoms with Crippen LogP contribution in [0.4, 0.5) is 11.5 Å². The first kappa shape index (κ1) is 66.4. The molecule has 7 aromatic rings. The Balaban J connectivity index is 0.000000272. The summed E-state index contributed by atoms with van der Waals surface area (Å²) in [6.45, 7) is 3.69. The number of aromatic nitrogens is 2. The van der Waals surface area contributed by atoms with E-state index >= 15 is 0 Å². The molecule has 8 N–H and O–H groups in total. The number of hydrogen-bond donors (Lipinski definition) is 7. The van der Waals surface area contributed by atoms with Gasteiger partial charge in [-0.25, -0.2) is 29.1 Å². The Kier molecular flexibility index (Phi) is 29.2. The molecule has 0 amide bonds. The van der Waals surface area contributed by atoms with Crippen molar-refractivity contribution in [1.29, 1.82) is 0 Å². The molecule has 0 unspecified atom stereocenters. The Morgan fingerprint density at radius 1 is 0.654 bits per heavy atom. The maximum absolute atomic E-state index is 10.7. The van der Waals surface area contributed by atoms with E-state index in [4.69, 9.17) is 42.9 Å². The zero-order chi connectivity index (χ0) is 59.7. The third-order valence-corrected chi connectivity index (χ3v) is 11.4. The van der Waals surface area contributed by atoms with E-state index < -0.39 is 34.0 Å². The fourth-order valence-corrected chi connectivity index (χ4v) is 7.21. The van der Waals surface area contributed by atoms with Crippen molar-refractivity contribution in [3.8, 4) is 46.8 Å². The van der Waals surface area contributed by atoms with Crippen LogP contribution in [0, 0.1) is 42.4 Å². The zero-order valence-electron chi connectivity index (χ0n) is 44.6. The molecule has 0 spiro atoms. The first-order chi connectivity index (χ1) is 38.5. The highest BCUT2D eigenvalue weighted by atomic mass is 79.9. The number of aromatic carboxylic acids is 4. The van der Waals surface area contributed by atoms with E-state index in [1.54, 1.807) is 78.9 Å². The summed E-state index contributed by atoms with van der Waals surface area (Å²) in [6.07, 6.45) is 3.93. The monoisotopic (exact) mass is 1200 g/mol. The highest BCUT2D eigenvalue weighted by Gasteiger charge is 2.08. The average molecular weight is 1200 g/mol. The predicted molar refractivity (Wildman–Crippen MR) is 318 cm³/mol. The first-order valence-electron chi connectivity index (χ1n) is 24.3. The highest BCUT2D eigenvalue weighted by molar-refractivity contribution is 9.10. The molecule has 6 aromatic carbocycles. The number of aliphatic hydroxyl groups is 1. The lowest BCUT2D eigenvalue weighted by Crippen LogP contribution is -2.11. The van der Waals surface area contributed by atoms with E-state index in [1.165, 1.54) is 41.7 Å². The van der Waals surface area contributed by atoms with Gasteiger partial charge in [0, 0.05) is 75.9 Å². The standard InChI is InChI=1S/C18H17ClN4.C13H15NO2.C12H12O5S.C11H10O3.C7H5BrO2/c1-12-3-2-4-13(7-12)10-21-18-9-17(22-11-23-18)15-8-14(19)5-6-16(15)20;1-14(2)9-4-3-6-11-7-5-8-12(10-11)13(15)16;1-18(15,16)17-8-3-2-5-10-6-4-7-11(9-10)12(13)14;12-7-2-1-4-9-5-3-6-10(8-9)11(13)14;8-6-3-1-2-5(4-6)7(9)10/h2-9,11H,10,20H2,1H3,(H,21,22,23);5,7-8,10H,4,9H2,1-2H3,(H,15,16);4,6-7,9H,3,8H2,1H3,(H,13,14);3,5-6,8,12H,2,7H2,(H,13,14);1-4H,(H,9,10). The molecule has 0 aliphatic rings. The summed E-state index contributed by atoms with van der Waals surface area (Å²) in [6, 6.07) is 41.4. The summed E-state index contributed by atoms with van der Waals surface area (Å²) in [7, 11) is 0.553. The topological polar surface area (TPSA) is 280 Å². The van der Waals surface area contributed by atoms with Crippen LogP contribution in [0.1, 0.15) is 88.5 Å². The van der Waals surface area contributed by atoms with Crippen molar-refractivity contribution in [2.75, 3.05) is 51.2 Å². The fraction of sp³-hybridized carbons (Fsp3) is 0.180. The largest absolute Gasteiger partial charge is 0.478 e. The highest BCUT2D eigenvalue weighted by Crippen LogP contribution is 2.28. The molecule has 0 radical (unpaired) electrons. The number of nitrogens with zero attached hydrogens (tertiary/aromatic N) is 3. The van der Waals surface area contributed by atoms with Crippen LogP contribution in [0.15, 0.2) is 156 Å². The minimum atomic E-state index is -3.43. The van der Waals surface area contributed by atoms with Crippen molar-refractivity contribution >= 4 is 73.0 Å². The third kappa shape index (κ3) is 28.0. The number of rotatable bonds is 14. The van der Waals surface area contributed by atoms with Gasteiger partial charge in [-0.2, -0.15) is 8.42 Å². The summed E-state index contributed by atoms with van der Waals surface area (Å²) < 4.78 is 26.6. The number of carboxylic acids is 4. The van der Waals surface area contributed by atoms with Gasteiger partial charge in [0.1, 0.15) is 12.1 Å². The van der Waals surface area contributed by atoms with Crippen LogP contribution in [0.3, 0.4) is 0 Å². The number of halogens is 2. The van der Waals surface area contributed by atoms with Crippen LogP contribution in [0.2, 0.25) is 5.02 Å². The van der Waals surface area contributed by atoms with Gasteiger partial charge in [0.05, 0.1) is 47.4 Å². The Bertz CT molecular complexity index is 3570. The molecule has 81 heavy (non-hydrogen) atoms. The number of nitrogen functional groups attached to an aromatic ring is 1. The maximum atomic E-state index is 10.7. The average Bonchev–Trinajstić information content (AvgIpc) is 3.44. The molecule has 0 bridgehead atoms. The minimum absolute atomic E-state index is 0.00947. The summed E-state index contributed by atoms with van der Waals surface area (Å²) in [4.78, 5) is 53.0. The van der Waals surface area contributed by atoms with Crippen molar-refractivity contribution in [3.63, 3.8) is 0 Å². The second-order valence-corrected chi connectivity index (χ2v) is 20.0. The molecule has 1 heterocycles. The van der Waals surface area contributed by atoms with Crippen LogP contribution >= 0.6 is 27.5 Å². The summed E-state index contributed by atoms with van der Waals surface area (Å²) in [5.41, 5.74) is 13.6. The molecule has 7 rings (SSSR count). The van der Waals surface area contributed by atoms with E-state index in [-0.39, 0.29) is 36.3 Å². The number of aliphatic hydroxyl groups excluding tert-OH is 1. The van der Waals surface area contributed by atoms with Gasteiger partial charge in [0.25, 0.3) is 10.1 Å². The molecule has 20 heteroatoms. The lowest BCUT2D eigenvalue weighted by atomic mass is 10.1. The summed E-state index contributed by atoms with van der Waals surface area (Å²) >= 11 is 9.22. The molecule has 420 valence electrons. The van der Waals surface area contributed by atoms with Crippen molar-refractivity contribution in [3.05, 3.63) is 211 Å². The molecule has 0 atom stereocenters. The number of aryl methyl sites for hydroxylation is 1. The normalized spacial score (nSPS) is 9.93. The van der Waals surface area contributed by atoms with E-state index in [0.717, 1.165) is 46.3 Å². The smallest absolute Gasteiger partial charge is 0.335 e. The van der Waals surface area contributed by atoms with Crippen LogP contribution in [-0.4, -0.2) is 113 Å². The van der Waals surface area contributed by atoms with Gasteiger partial charge in [-0.15, -0.1) is 0 Å². The predicted octanol–water partition coefficient (Wildman–Crippen LogP) is 10.4. The summed E-state index contributed by atoms with van der Waals surface area (Å²) in [5, 5.41) is 47.2. The number of hydrogen-bond acceptors (Lipinski definition) is 13. The number of carbonyl (C=O) groups is 4. The van der Waals surface area contributed by atoms with Gasteiger partial charge in [0.15, 0.2) is 0 Å². The van der Waals surface area contributed by atoms with Crippen molar-refractivity contribution in [1.82, 2.24) is 14.9 Å². The fourth-order valence-electron chi connectivity index (χ4n) is 6.25. The molecule has 0 saturated heterocycles. The molecule has 0 fully saturated rings. The van der Waals surface area contributed by atoms with Crippen molar-refractivity contribution in [2.24, 2.45) is 0 Å². The van der Waals surface area contributed by atoms with Gasteiger partial charge in [-0.05, 0) is 118 Å². The molecule has 0 aliphatic carbocycles. The Morgan fingerprint density at radius 3 is 1.62 bits per heavy atom. The van der Waals surface area contributed by atoms with E-state index in [1.807, 2.05) is 38.4 Å². The van der Waals surface area contributed by atoms with Gasteiger partial charge >= 0.3 is 23.9 Å². The number of carboxylic acid groups (broad SMARTS) is 4. The van der Waals surface area contributed by atoms with Gasteiger partial charge < -0.3 is 41.5 Å². The van der Waals surface area contributed by atoms with E-state index in [0.29, 0.717) is 40.4 Å². The van der Waals surface area contributed by atoms with E-state index in [9.17, 15) is 27.6 Å². The molecule has 0 aliphatic heterocycles. The Morgan fingerprint density at radius 2 is 1.15 bits per heavy atom. The molecule has 0 saturated carbocycles. The molecular formula is C61H59BrClN5O12S. The number of benzene rings is 6. The second kappa shape index (κ2) is 35.6. The van der Waals surface area contributed by atoms with Crippen molar-refractivity contribution < 1.29 is 57.3 Å². The SMILES string of the molecule is CN(C)CCC#Cc1cccc(C(=O)O)c1.CS(=O)(=O)OCCC#Cc1cccc(C(=O)O)c1.Cc1cccc(CNc2cc(-c3cc(Cl)ccc3N)ncn2)c1.O=C(O)c1cccc(Br)c1.O=C(O)c1cccc(C#CCCO)c1. The molecule has 17 nitrogen and oxygen atoms in total. The van der Waals surface area contributed by atoms with E-state index in [2.05, 4.69) is 101 Å². The van der Waals surface area contributed by atoms with Gasteiger partial charge in [0.2, 0.25) is 0 Å². The van der Waals surface area contributed by atoms with Gasteiger partial charge in [-0.1, -0.05) is 117 Å². The maximum Gasteiger partial charge on any atom is 0.335 e. The quantitative estimate of drug-likeness (QED) is 0.0231. The van der Waals surface area contributed by atoms with Gasteiger partial charge in [-0.3, -0.25) is 4.18 Å². The first-order valence-corrected chi connectivity index (χ1v) is 27.2. The Hall–Kier alpha value is -8.84. The minimum Gasteiger partial charge on any atom is -0.478 e. The molecule has 1 aromatic heterocycles. The third-order valence-electron chi connectivity index (χ3n) is 10.1. The lowest BCUT2D eigenvalue weighted by Gasteiger charge is -2.09. The number of nitrogens with one attached hydrogen (secondary N) is 1. The number of nitrogens with two attached hydrogens (primary N) is 1. The molecular weight excluding hydrogens is 1140 g/mol. The van der Waals surface area contributed by atoms with Crippen LogP contribution < -0.4 is 11.1 Å². The van der Waals surface area contributed by atoms with Crippen molar-refractivity contribution in [2.45, 2.75) is 32.7 Å². The van der Waals surface area contributed by atoms with Crippen LogP contribution in [-0.2, 0) is 20.8 Å². The lowest BCUT2D eigenvalue weighted by molar-refractivity contribution is 0.0686.